The molecule has 5 nitrogen and oxygen atoms in total. The van der Waals surface area contributed by atoms with Crippen molar-refractivity contribution in [1.29, 1.82) is 0 Å². The zero-order chi connectivity index (χ0) is 16.1. The molecule has 2 saturated carbocycles. The number of allylic oxidation sites excluding steroid dienone is 2. The van der Waals surface area contributed by atoms with Crippen LogP contribution >= 0.6 is 0 Å². The molecule has 2 bridgehead atoms. The molecule has 4 rings (SSSR count). The largest absolute Gasteiger partial charge is 0.352 e. The van der Waals surface area contributed by atoms with E-state index in [-0.39, 0.29) is 47.4 Å². The Labute approximate surface area is 136 Å². The number of hydrogen-bond donors (Lipinski definition) is 1. The van der Waals surface area contributed by atoms with E-state index in [0.29, 0.717) is 0 Å². The molecule has 0 spiro atoms. The van der Waals surface area contributed by atoms with Gasteiger partial charge in [-0.3, -0.25) is 19.3 Å². The number of fused-ring (bicyclic) bond motifs is 5. The van der Waals surface area contributed by atoms with Gasteiger partial charge in [0.15, 0.2) is 0 Å². The van der Waals surface area contributed by atoms with Crippen LogP contribution in [0.25, 0.3) is 0 Å². The van der Waals surface area contributed by atoms with Crippen molar-refractivity contribution >= 4 is 17.7 Å². The SMILES string of the molecule is C[C@H](C(=O)NC1CCCCC1)N1C(=O)[C@@H]2[C@H](C1=O)[C@H]1C=C[C@@H]2C1. The molecule has 5 atom stereocenters. The van der Waals surface area contributed by atoms with Gasteiger partial charge in [0.2, 0.25) is 17.7 Å². The minimum Gasteiger partial charge on any atom is -0.352 e. The van der Waals surface area contributed by atoms with E-state index in [0.717, 1.165) is 32.1 Å². The smallest absolute Gasteiger partial charge is 0.243 e. The standard InChI is InChI=1S/C18H24N2O3/c1-10(16(21)19-13-5-3-2-4-6-13)20-17(22)14-11-7-8-12(9-11)15(14)18(20)23/h7-8,10-15H,2-6,9H2,1H3,(H,19,21)/t10-,11-,12+,14+,15-/m1/s1. The monoisotopic (exact) mass is 316 g/mol. The highest BCUT2D eigenvalue weighted by Crippen LogP contribution is 2.52. The normalized spacial score (nSPS) is 37.3. The molecule has 0 aromatic rings. The van der Waals surface area contributed by atoms with Crippen LogP contribution in [0.2, 0.25) is 0 Å². The average Bonchev–Trinajstić information content (AvgIpc) is 3.22. The molecule has 1 saturated heterocycles. The first-order chi connectivity index (χ1) is 11.1. The zero-order valence-corrected chi connectivity index (χ0v) is 13.5. The first-order valence-corrected chi connectivity index (χ1v) is 8.93. The van der Waals surface area contributed by atoms with Crippen molar-refractivity contribution in [2.24, 2.45) is 23.7 Å². The second-order valence-corrected chi connectivity index (χ2v) is 7.57. The maximum Gasteiger partial charge on any atom is 0.243 e. The van der Waals surface area contributed by atoms with Crippen molar-refractivity contribution in [2.45, 2.75) is 57.5 Å². The van der Waals surface area contributed by atoms with E-state index >= 15 is 0 Å². The molecule has 124 valence electrons. The highest BCUT2D eigenvalue weighted by atomic mass is 16.2. The number of carbonyl (C=O) groups is 3. The van der Waals surface area contributed by atoms with E-state index in [1.54, 1.807) is 6.92 Å². The Balaban J connectivity index is 1.46. The van der Waals surface area contributed by atoms with Crippen molar-refractivity contribution in [3.05, 3.63) is 12.2 Å². The van der Waals surface area contributed by atoms with Gasteiger partial charge in [-0.15, -0.1) is 0 Å². The van der Waals surface area contributed by atoms with E-state index in [9.17, 15) is 14.4 Å². The first-order valence-electron chi connectivity index (χ1n) is 8.93. The molecular weight excluding hydrogens is 292 g/mol. The summed E-state index contributed by atoms with van der Waals surface area (Å²) >= 11 is 0. The first kappa shape index (κ1) is 14.9. The van der Waals surface area contributed by atoms with Crippen LogP contribution in [0.1, 0.15) is 45.4 Å². The zero-order valence-electron chi connectivity index (χ0n) is 13.5. The molecule has 1 N–H and O–H groups in total. The highest BCUT2D eigenvalue weighted by Gasteiger charge is 2.60. The van der Waals surface area contributed by atoms with Crippen molar-refractivity contribution in [3.8, 4) is 0 Å². The van der Waals surface area contributed by atoms with Gasteiger partial charge in [0, 0.05) is 6.04 Å². The Bertz CT molecular complexity index is 549. The number of imide groups is 1. The number of amides is 3. The quantitative estimate of drug-likeness (QED) is 0.636. The molecule has 0 radical (unpaired) electrons. The van der Waals surface area contributed by atoms with Gasteiger partial charge < -0.3 is 5.32 Å². The molecule has 1 aliphatic heterocycles. The summed E-state index contributed by atoms with van der Waals surface area (Å²) in [5.41, 5.74) is 0. The fraction of sp³-hybridized carbons (Fsp3) is 0.722. The minimum atomic E-state index is -0.693. The molecule has 1 heterocycles. The molecule has 23 heavy (non-hydrogen) atoms. The van der Waals surface area contributed by atoms with Gasteiger partial charge in [0.05, 0.1) is 11.8 Å². The maximum atomic E-state index is 12.7. The maximum absolute atomic E-state index is 12.7. The summed E-state index contributed by atoms with van der Waals surface area (Å²) in [6, 6.07) is -0.495. The van der Waals surface area contributed by atoms with Crippen LogP contribution in [0.5, 0.6) is 0 Å². The summed E-state index contributed by atoms with van der Waals surface area (Å²) < 4.78 is 0. The summed E-state index contributed by atoms with van der Waals surface area (Å²) in [5, 5.41) is 3.04. The van der Waals surface area contributed by atoms with Crippen molar-refractivity contribution in [2.75, 3.05) is 0 Å². The number of likely N-dealkylation sites (tertiary alicyclic amines) is 1. The fourth-order valence-electron chi connectivity index (χ4n) is 4.99. The summed E-state index contributed by atoms with van der Waals surface area (Å²) in [6.07, 6.45) is 10.6. The summed E-state index contributed by atoms with van der Waals surface area (Å²) in [7, 11) is 0. The predicted octanol–water partition coefficient (Wildman–Crippen LogP) is 1.63. The molecule has 3 fully saturated rings. The number of nitrogens with zero attached hydrogens (tertiary/aromatic N) is 1. The Morgan fingerprint density at radius 3 is 2.22 bits per heavy atom. The van der Waals surface area contributed by atoms with E-state index in [2.05, 4.69) is 17.5 Å². The molecule has 5 heteroatoms. The second kappa shape index (κ2) is 5.46. The molecule has 0 aromatic heterocycles. The van der Waals surface area contributed by atoms with Gasteiger partial charge in [0.25, 0.3) is 0 Å². The summed E-state index contributed by atoms with van der Waals surface area (Å²) in [5.74, 6) is -0.504. The number of hydrogen-bond acceptors (Lipinski definition) is 3. The van der Waals surface area contributed by atoms with Crippen LogP contribution in [0, 0.1) is 23.7 Å². The predicted molar refractivity (Wildman–Crippen MR) is 84.0 cm³/mol. The number of carbonyl (C=O) groups excluding carboxylic acids is 3. The van der Waals surface area contributed by atoms with Gasteiger partial charge in [-0.05, 0) is 38.0 Å². The van der Waals surface area contributed by atoms with Gasteiger partial charge in [-0.1, -0.05) is 31.4 Å². The lowest BCUT2D eigenvalue weighted by atomic mass is 9.85. The molecule has 0 unspecified atom stereocenters. The van der Waals surface area contributed by atoms with Crippen LogP contribution in [-0.2, 0) is 14.4 Å². The Morgan fingerprint density at radius 2 is 1.65 bits per heavy atom. The van der Waals surface area contributed by atoms with Gasteiger partial charge in [-0.2, -0.15) is 0 Å². The number of rotatable bonds is 3. The second-order valence-electron chi connectivity index (χ2n) is 7.57. The lowest BCUT2D eigenvalue weighted by Gasteiger charge is -2.28. The Hall–Kier alpha value is -1.65. The molecule has 0 aromatic carbocycles. The lowest BCUT2D eigenvalue weighted by Crippen LogP contribution is -2.51. The van der Waals surface area contributed by atoms with E-state index in [1.165, 1.54) is 11.3 Å². The van der Waals surface area contributed by atoms with Crippen molar-refractivity contribution < 1.29 is 14.4 Å². The molecule has 3 amide bonds. The fourth-order valence-corrected chi connectivity index (χ4v) is 4.99. The van der Waals surface area contributed by atoms with Crippen LogP contribution in [0.3, 0.4) is 0 Å². The van der Waals surface area contributed by atoms with Gasteiger partial charge in [-0.25, -0.2) is 0 Å². The van der Waals surface area contributed by atoms with E-state index in [4.69, 9.17) is 0 Å². The Kier molecular flexibility index (Phi) is 3.54. The third kappa shape index (κ3) is 2.24. The third-order valence-corrected chi connectivity index (χ3v) is 6.22. The topological polar surface area (TPSA) is 66.5 Å². The number of nitrogens with one attached hydrogen (secondary N) is 1. The van der Waals surface area contributed by atoms with Gasteiger partial charge in [0.1, 0.15) is 6.04 Å². The minimum absolute atomic E-state index is 0.136. The van der Waals surface area contributed by atoms with Crippen LogP contribution in [0.4, 0.5) is 0 Å². The molecule has 3 aliphatic carbocycles. The summed E-state index contributed by atoms with van der Waals surface area (Å²) in [6.45, 7) is 1.68. The van der Waals surface area contributed by atoms with E-state index in [1.807, 2.05) is 0 Å². The van der Waals surface area contributed by atoms with Crippen molar-refractivity contribution in [1.82, 2.24) is 10.2 Å². The molecule has 4 aliphatic rings. The van der Waals surface area contributed by atoms with Crippen LogP contribution in [-0.4, -0.2) is 34.7 Å². The van der Waals surface area contributed by atoms with Crippen molar-refractivity contribution in [3.63, 3.8) is 0 Å². The third-order valence-electron chi connectivity index (χ3n) is 6.22. The van der Waals surface area contributed by atoms with Crippen LogP contribution in [0.15, 0.2) is 12.2 Å². The van der Waals surface area contributed by atoms with E-state index < -0.39 is 6.04 Å². The average molecular weight is 316 g/mol. The lowest BCUT2D eigenvalue weighted by molar-refractivity contribution is -0.148. The Morgan fingerprint density at radius 1 is 1.09 bits per heavy atom. The summed E-state index contributed by atoms with van der Waals surface area (Å²) in [4.78, 5) is 39.2. The van der Waals surface area contributed by atoms with Crippen LogP contribution < -0.4 is 5.32 Å². The highest BCUT2D eigenvalue weighted by molar-refractivity contribution is 6.09. The van der Waals surface area contributed by atoms with Gasteiger partial charge >= 0.3 is 0 Å². The molecular formula is C18H24N2O3.